The first kappa shape index (κ1) is 21.9. The van der Waals surface area contributed by atoms with E-state index in [2.05, 4.69) is 47.6 Å². The minimum atomic E-state index is -0.0162. The third-order valence-corrected chi connectivity index (χ3v) is 11.1. The summed E-state index contributed by atoms with van der Waals surface area (Å²) in [6, 6.07) is 0. The second-order valence-corrected chi connectivity index (χ2v) is 12.6. The zero-order chi connectivity index (χ0) is 21.0. The Balaban J connectivity index is 1.49. The molecular formula is C28H48O. The predicted molar refractivity (Wildman–Crippen MR) is 124 cm³/mol. The van der Waals surface area contributed by atoms with Crippen molar-refractivity contribution in [2.24, 2.45) is 52.3 Å². The molecular weight excluding hydrogens is 352 g/mol. The second kappa shape index (κ2) is 7.99. The van der Waals surface area contributed by atoms with Crippen LogP contribution in [-0.4, -0.2) is 11.2 Å². The highest BCUT2D eigenvalue weighted by Crippen LogP contribution is 2.68. The maximum Gasteiger partial charge on any atom is 0.0543 e. The molecule has 0 saturated heterocycles. The molecule has 0 spiro atoms. The molecule has 0 aromatic carbocycles. The van der Waals surface area contributed by atoms with Crippen molar-refractivity contribution in [3.8, 4) is 0 Å². The second-order valence-electron chi connectivity index (χ2n) is 12.6. The number of hydrogen-bond acceptors (Lipinski definition) is 1. The summed E-state index contributed by atoms with van der Waals surface area (Å²) in [4.78, 5) is 0. The maximum absolute atomic E-state index is 10.3. The lowest BCUT2D eigenvalue weighted by atomic mass is 9.44. The minimum absolute atomic E-state index is 0.0162. The van der Waals surface area contributed by atoms with Gasteiger partial charge in [0.15, 0.2) is 0 Å². The van der Waals surface area contributed by atoms with Crippen molar-refractivity contribution in [1.82, 2.24) is 0 Å². The van der Waals surface area contributed by atoms with E-state index in [0.717, 1.165) is 48.3 Å². The van der Waals surface area contributed by atoms with Crippen LogP contribution >= 0.6 is 0 Å². The number of allylic oxidation sites excluding steroid dienone is 2. The van der Waals surface area contributed by atoms with Gasteiger partial charge >= 0.3 is 0 Å². The minimum Gasteiger partial charge on any atom is -0.393 e. The summed E-state index contributed by atoms with van der Waals surface area (Å²) >= 11 is 0. The molecule has 0 aromatic heterocycles. The average Bonchev–Trinajstić information content (AvgIpc) is 3.03. The molecule has 4 aliphatic rings. The standard InChI is InChI=1S/C28H48O/c1-18(2)19(3)7-8-20(4)24-11-12-25-23-10-9-21-17-22(29)13-15-27(21,5)26(23)14-16-28(24,25)6/h7,18,20-26,29H,8-17H2,1-6H3/b19-7+. The number of aliphatic hydroxyl groups is 1. The van der Waals surface area contributed by atoms with Crippen LogP contribution in [0.2, 0.25) is 0 Å². The highest BCUT2D eigenvalue weighted by atomic mass is 16.3. The Bertz CT molecular complexity index is 620. The molecule has 1 N–H and O–H groups in total. The third-order valence-electron chi connectivity index (χ3n) is 11.1. The number of fused-ring (bicyclic) bond motifs is 5. The predicted octanol–water partition coefficient (Wildman–Crippen LogP) is 7.63. The first-order chi connectivity index (χ1) is 13.7. The van der Waals surface area contributed by atoms with Gasteiger partial charge < -0.3 is 5.11 Å². The molecule has 1 heteroatoms. The number of hydrogen-bond donors (Lipinski definition) is 1. The van der Waals surface area contributed by atoms with Crippen LogP contribution in [0.4, 0.5) is 0 Å². The van der Waals surface area contributed by atoms with Gasteiger partial charge in [0.05, 0.1) is 6.10 Å². The average molecular weight is 401 g/mol. The Morgan fingerprint density at radius 2 is 1.62 bits per heavy atom. The molecule has 29 heavy (non-hydrogen) atoms. The molecule has 4 fully saturated rings. The van der Waals surface area contributed by atoms with Gasteiger partial charge in [-0.15, -0.1) is 0 Å². The summed E-state index contributed by atoms with van der Waals surface area (Å²) in [5.74, 6) is 6.09. The summed E-state index contributed by atoms with van der Waals surface area (Å²) in [6.45, 7) is 14.8. The normalized spacial score (nSPS) is 48.8. The van der Waals surface area contributed by atoms with Crippen molar-refractivity contribution in [3.63, 3.8) is 0 Å². The molecule has 9 atom stereocenters. The molecule has 9 unspecified atom stereocenters. The zero-order valence-electron chi connectivity index (χ0n) is 20.2. The molecule has 4 rings (SSSR count). The molecule has 0 heterocycles. The smallest absolute Gasteiger partial charge is 0.0543 e. The van der Waals surface area contributed by atoms with Crippen molar-refractivity contribution in [1.29, 1.82) is 0 Å². The zero-order valence-corrected chi connectivity index (χ0v) is 20.2. The fraction of sp³-hybridized carbons (Fsp3) is 0.929. The molecule has 4 saturated carbocycles. The Hall–Kier alpha value is -0.300. The van der Waals surface area contributed by atoms with Crippen LogP contribution in [-0.2, 0) is 0 Å². The van der Waals surface area contributed by atoms with Crippen LogP contribution in [0.1, 0.15) is 106 Å². The van der Waals surface area contributed by atoms with Gasteiger partial charge in [-0.3, -0.25) is 0 Å². The molecule has 0 bridgehead atoms. The van der Waals surface area contributed by atoms with Crippen LogP contribution < -0.4 is 0 Å². The number of rotatable bonds is 4. The van der Waals surface area contributed by atoms with Crippen molar-refractivity contribution in [2.45, 2.75) is 112 Å². The van der Waals surface area contributed by atoms with E-state index >= 15 is 0 Å². The highest BCUT2D eigenvalue weighted by molar-refractivity contribution is 5.10. The summed E-state index contributed by atoms with van der Waals surface area (Å²) < 4.78 is 0. The SMILES string of the molecule is C/C(=C\CC(C)C1CCC2C3CCC4CC(O)CCC4(C)C3CCC12C)C(C)C. The summed E-state index contributed by atoms with van der Waals surface area (Å²) in [6.07, 6.45) is 16.0. The molecule has 0 aromatic rings. The molecule has 166 valence electrons. The van der Waals surface area contributed by atoms with Gasteiger partial charge in [-0.25, -0.2) is 0 Å². The van der Waals surface area contributed by atoms with Gasteiger partial charge in [0.1, 0.15) is 0 Å². The van der Waals surface area contributed by atoms with E-state index in [4.69, 9.17) is 0 Å². The Labute approximate surface area is 181 Å². The van der Waals surface area contributed by atoms with E-state index < -0.39 is 0 Å². The fourth-order valence-corrected chi connectivity index (χ4v) is 8.98. The van der Waals surface area contributed by atoms with Gasteiger partial charge in [0, 0.05) is 0 Å². The Kier molecular flexibility index (Phi) is 6.04. The van der Waals surface area contributed by atoms with Crippen molar-refractivity contribution < 1.29 is 5.11 Å². The third kappa shape index (κ3) is 3.66. The molecule has 0 radical (unpaired) electrons. The van der Waals surface area contributed by atoms with Gasteiger partial charge in [0.25, 0.3) is 0 Å². The van der Waals surface area contributed by atoms with Crippen molar-refractivity contribution in [3.05, 3.63) is 11.6 Å². The van der Waals surface area contributed by atoms with Crippen LogP contribution in [0.15, 0.2) is 11.6 Å². The summed E-state index contributed by atoms with van der Waals surface area (Å²) in [7, 11) is 0. The van der Waals surface area contributed by atoms with Crippen LogP contribution in [0.5, 0.6) is 0 Å². The molecule has 0 aliphatic heterocycles. The fourth-order valence-electron chi connectivity index (χ4n) is 8.98. The first-order valence-electron chi connectivity index (χ1n) is 13.0. The molecule has 1 nitrogen and oxygen atoms in total. The first-order valence-corrected chi connectivity index (χ1v) is 13.0. The summed E-state index contributed by atoms with van der Waals surface area (Å²) in [5, 5.41) is 10.3. The van der Waals surface area contributed by atoms with E-state index in [1.165, 1.54) is 51.4 Å². The molecule has 0 amide bonds. The van der Waals surface area contributed by atoms with E-state index in [9.17, 15) is 5.11 Å². The maximum atomic E-state index is 10.3. The molecule has 4 aliphatic carbocycles. The largest absolute Gasteiger partial charge is 0.393 e. The van der Waals surface area contributed by atoms with E-state index in [1.54, 1.807) is 5.57 Å². The Morgan fingerprint density at radius 3 is 2.34 bits per heavy atom. The number of aliphatic hydroxyl groups excluding tert-OH is 1. The lowest BCUT2D eigenvalue weighted by Gasteiger charge is -2.61. The van der Waals surface area contributed by atoms with Gasteiger partial charge in [-0.1, -0.05) is 46.3 Å². The van der Waals surface area contributed by atoms with Gasteiger partial charge in [0.2, 0.25) is 0 Å². The van der Waals surface area contributed by atoms with Crippen LogP contribution in [0.3, 0.4) is 0 Å². The van der Waals surface area contributed by atoms with Crippen molar-refractivity contribution in [2.75, 3.05) is 0 Å². The Morgan fingerprint density at radius 1 is 0.931 bits per heavy atom. The lowest BCUT2D eigenvalue weighted by Crippen LogP contribution is -2.54. The lowest BCUT2D eigenvalue weighted by molar-refractivity contribution is -0.129. The van der Waals surface area contributed by atoms with E-state index in [-0.39, 0.29) is 6.10 Å². The van der Waals surface area contributed by atoms with Gasteiger partial charge in [-0.2, -0.15) is 0 Å². The quantitative estimate of drug-likeness (QED) is 0.481. The highest BCUT2D eigenvalue weighted by Gasteiger charge is 2.60. The van der Waals surface area contributed by atoms with E-state index in [1.807, 2.05) is 0 Å². The monoisotopic (exact) mass is 400 g/mol. The van der Waals surface area contributed by atoms with Crippen molar-refractivity contribution >= 4 is 0 Å². The van der Waals surface area contributed by atoms with Gasteiger partial charge in [-0.05, 0) is 123 Å². The topological polar surface area (TPSA) is 20.2 Å². The van der Waals surface area contributed by atoms with Crippen LogP contribution in [0.25, 0.3) is 0 Å². The van der Waals surface area contributed by atoms with E-state index in [0.29, 0.717) is 16.7 Å². The summed E-state index contributed by atoms with van der Waals surface area (Å²) in [5.41, 5.74) is 2.67. The van der Waals surface area contributed by atoms with Crippen LogP contribution in [0, 0.1) is 52.3 Å².